The molecule has 2 aromatic carbocycles. The number of halogens is 2. The Morgan fingerprint density at radius 3 is 2.29 bits per heavy atom. The minimum atomic E-state index is -0.627. The maximum atomic E-state index is 13.2. The van der Waals surface area contributed by atoms with Crippen molar-refractivity contribution in [3.05, 3.63) is 63.6 Å². The van der Waals surface area contributed by atoms with Crippen molar-refractivity contribution in [1.29, 1.82) is 0 Å². The molecule has 0 aliphatic carbocycles. The van der Waals surface area contributed by atoms with Crippen LogP contribution in [0.25, 0.3) is 0 Å². The van der Waals surface area contributed by atoms with Gasteiger partial charge in [-0.2, -0.15) is 0 Å². The molecule has 2 unspecified atom stereocenters. The molecule has 7 heteroatoms. The van der Waals surface area contributed by atoms with Crippen LogP contribution in [0.4, 0.5) is 0 Å². The zero-order valence-corrected chi connectivity index (χ0v) is 20.0. The molecule has 0 fully saturated rings. The minimum Gasteiger partial charge on any atom is -0.484 e. The molecule has 168 valence electrons. The largest absolute Gasteiger partial charge is 0.484 e. The van der Waals surface area contributed by atoms with Gasteiger partial charge in [0, 0.05) is 12.6 Å². The topological polar surface area (TPSA) is 58.6 Å². The lowest BCUT2D eigenvalue weighted by molar-refractivity contribution is -0.143. The monoisotopic (exact) mass is 464 g/mol. The number of hydrogen-bond acceptors (Lipinski definition) is 3. The minimum absolute atomic E-state index is 0.0206. The molecule has 2 rings (SSSR count). The van der Waals surface area contributed by atoms with Crippen LogP contribution in [0.3, 0.4) is 0 Å². The fourth-order valence-corrected chi connectivity index (χ4v) is 3.38. The van der Waals surface area contributed by atoms with E-state index in [2.05, 4.69) is 5.32 Å². The van der Waals surface area contributed by atoms with Gasteiger partial charge in [-0.1, -0.05) is 60.8 Å². The van der Waals surface area contributed by atoms with E-state index in [0.717, 1.165) is 17.5 Å². The van der Waals surface area contributed by atoms with Crippen LogP contribution in [-0.2, 0) is 16.1 Å². The van der Waals surface area contributed by atoms with Crippen molar-refractivity contribution < 1.29 is 14.3 Å². The van der Waals surface area contributed by atoms with Crippen molar-refractivity contribution in [3.8, 4) is 5.75 Å². The lowest BCUT2D eigenvalue weighted by Gasteiger charge is -2.31. The fourth-order valence-electron chi connectivity index (χ4n) is 3.06. The summed E-state index contributed by atoms with van der Waals surface area (Å²) in [6.45, 7) is 7.86. The average molecular weight is 465 g/mol. The number of ether oxygens (including phenoxy) is 1. The zero-order valence-electron chi connectivity index (χ0n) is 18.5. The summed E-state index contributed by atoms with van der Waals surface area (Å²) >= 11 is 12.2. The van der Waals surface area contributed by atoms with Crippen molar-refractivity contribution >= 4 is 35.0 Å². The van der Waals surface area contributed by atoms with Crippen LogP contribution in [0.5, 0.6) is 5.75 Å². The molecule has 0 bridgehead atoms. The second-order valence-electron chi connectivity index (χ2n) is 7.61. The van der Waals surface area contributed by atoms with E-state index >= 15 is 0 Å². The molecule has 2 amide bonds. The number of carbonyl (C=O) groups is 2. The molecule has 0 aliphatic heterocycles. The lowest BCUT2D eigenvalue weighted by atomic mass is 10.1. The number of nitrogens with zero attached hydrogens (tertiary/aromatic N) is 1. The van der Waals surface area contributed by atoms with E-state index in [1.807, 2.05) is 52.0 Å². The summed E-state index contributed by atoms with van der Waals surface area (Å²) in [5.41, 5.74) is 1.89. The van der Waals surface area contributed by atoms with Crippen molar-refractivity contribution in [2.24, 2.45) is 0 Å². The highest BCUT2D eigenvalue weighted by Crippen LogP contribution is 2.24. The quantitative estimate of drug-likeness (QED) is 0.511. The Morgan fingerprint density at radius 2 is 1.71 bits per heavy atom. The molecule has 2 aromatic rings. The SMILES string of the molecule is CCC(C)NC(=O)C(CC)N(Cc1ccc(Cl)c(Cl)c1)C(=O)COc1ccc(C)cc1. The van der Waals surface area contributed by atoms with Crippen LogP contribution >= 0.6 is 23.2 Å². The van der Waals surface area contributed by atoms with E-state index in [0.29, 0.717) is 22.2 Å². The highest BCUT2D eigenvalue weighted by Gasteiger charge is 2.29. The highest BCUT2D eigenvalue weighted by atomic mass is 35.5. The molecular formula is C24H30Cl2N2O3. The Kier molecular flexibility index (Phi) is 9.66. The molecule has 0 radical (unpaired) electrons. The number of hydrogen-bond donors (Lipinski definition) is 1. The molecule has 0 aromatic heterocycles. The first-order valence-corrected chi connectivity index (χ1v) is 11.2. The summed E-state index contributed by atoms with van der Waals surface area (Å²) < 4.78 is 5.69. The smallest absolute Gasteiger partial charge is 0.261 e. The fraction of sp³-hybridized carbons (Fsp3) is 0.417. The zero-order chi connectivity index (χ0) is 23.0. The van der Waals surface area contributed by atoms with Crippen LogP contribution in [0.1, 0.15) is 44.7 Å². The van der Waals surface area contributed by atoms with Crippen LogP contribution in [0.15, 0.2) is 42.5 Å². The Balaban J connectivity index is 2.23. The number of rotatable bonds is 10. The number of aryl methyl sites for hydroxylation is 1. The van der Waals surface area contributed by atoms with E-state index < -0.39 is 6.04 Å². The average Bonchev–Trinajstić information content (AvgIpc) is 2.75. The van der Waals surface area contributed by atoms with Crippen molar-refractivity contribution in [2.45, 2.75) is 59.2 Å². The van der Waals surface area contributed by atoms with Gasteiger partial charge < -0.3 is 15.0 Å². The second kappa shape index (κ2) is 12.0. The van der Waals surface area contributed by atoms with Gasteiger partial charge in [-0.15, -0.1) is 0 Å². The number of nitrogens with one attached hydrogen (secondary N) is 1. The molecule has 0 spiro atoms. The van der Waals surface area contributed by atoms with Gasteiger partial charge in [-0.05, 0) is 56.5 Å². The van der Waals surface area contributed by atoms with Gasteiger partial charge in [0.1, 0.15) is 11.8 Å². The summed E-state index contributed by atoms with van der Waals surface area (Å²) in [7, 11) is 0. The Morgan fingerprint density at radius 1 is 1.03 bits per heavy atom. The number of amides is 2. The van der Waals surface area contributed by atoms with Gasteiger partial charge in [0.25, 0.3) is 5.91 Å². The molecule has 0 saturated carbocycles. The van der Waals surface area contributed by atoms with E-state index in [4.69, 9.17) is 27.9 Å². The molecule has 0 aliphatic rings. The molecule has 0 heterocycles. The maximum absolute atomic E-state index is 13.2. The van der Waals surface area contributed by atoms with E-state index in [-0.39, 0.29) is 31.0 Å². The first-order valence-electron chi connectivity index (χ1n) is 10.5. The standard InChI is InChI=1S/C24H30Cl2N2O3/c1-5-17(4)27-24(30)22(6-2)28(14-18-9-12-20(25)21(26)13-18)23(29)15-31-19-10-7-16(3)8-11-19/h7-13,17,22H,5-6,14-15H2,1-4H3,(H,27,30). The molecule has 1 N–H and O–H groups in total. The van der Waals surface area contributed by atoms with Crippen LogP contribution in [0, 0.1) is 6.92 Å². The predicted molar refractivity (Wildman–Crippen MR) is 126 cm³/mol. The third-order valence-corrected chi connectivity index (χ3v) is 5.85. The van der Waals surface area contributed by atoms with E-state index in [9.17, 15) is 9.59 Å². The lowest BCUT2D eigenvalue weighted by Crippen LogP contribution is -2.51. The maximum Gasteiger partial charge on any atom is 0.261 e. The third-order valence-electron chi connectivity index (χ3n) is 5.11. The normalized spacial score (nSPS) is 12.7. The summed E-state index contributed by atoms with van der Waals surface area (Å²) in [5.74, 6) is 0.143. The van der Waals surface area contributed by atoms with Gasteiger partial charge in [-0.3, -0.25) is 9.59 Å². The van der Waals surface area contributed by atoms with Crippen LogP contribution < -0.4 is 10.1 Å². The summed E-state index contributed by atoms with van der Waals surface area (Å²) in [4.78, 5) is 27.6. The third kappa shape index (κ3) is 7.44. The van der Waals surface area contributed by atoms with Gasteiger partial charge in [0.05, 0.1) is 10.0 Å². The van der Waals surface area contributed by atoms with Crippen molar-refractivity contribution in [2.75, 3.05) is 6.61 Å². The van der Waals surface area contributed by atoms with Gasteiger partial charge in [0.15, 0.2) is 6.61 Å². The molecule has 0 saturated heterocycles. The Labute approximate surface area is 194 Å². The second-order valence-corrected chi connectivity index (χ2v) is 8.43. The molecule has 31 heavy (non-hydrogen) atoms. The van der Waals surface area contributed by atoms with Crippen LogP contribution in [0.2, 0.25) is 10.0 Å². The van der Waals surface area contributed by atoms with Crippen LogP contribution in [-0.4, -0.2) is 35.4 Å². The number of carbonyl (C=O) groups excluding carboxylic acids is 2. The first kappa shape index (κ1) is 25.0. The summed E-state index contributed by atoms with van der Waals surface area (Å²) in [6.07, 6.45) is 1.28. The molecule has 2 atom stereocenters. The Hall–Kier alpha value is -2.24. The highest BCUT2D eigenvalue weighted by molar-refractivity contribution is 6.42. The first-order chi connectivity index (χ1) is 14.7. The van der Waals surface area contributed by atoms with E-state index in [1.54, 1.807) is 23.1 Å². The number of benzene rings is 2. The molecule has 5 nitrogen and oxygen atoms in total. The van der Waals surface area contributed by atoms with Gasteiger partial charge >= 0.3 is 0 Å². The van der Waals surface area contributed by atoms with Crippen molar-refractivity contribution in [3.63, 3.8) is 0 Å². The van der Waals surface area contributed by atoms with Crippen molar-refractivity contribution in [1.82, 2.24) is 10.2 Å². The summed E-state index contributed by atoms with van der Waals surface area (Å²) in [5, 5.41) is 3.82. The van der Waals surface area contributed by atoms with Gasteiger partial charge in [-0.25, -0.2) is 0 Å². The molecular weight excluding hydrogens is 435 g/mol. The summed E-state index contributed by atoms with van der Waals surface area (Å²) in [6, 6.07) is 12.1. The predicted octanol–water partition coefficient (Wildman–Crippen LogP) is 5.40. The Bertz CT molecular complexity index is 887. The van der Waals surface area contributed by atoms with Gasteiger partial charge in [0.2, 0.25) is 5.91 Å². The van der Waals surface area contributed by atoms with E-state index in [1.165, 1.54) is 0 Å².